The first kappa shape index (κ1) is 19.5. The molecule has 0 heterocycles. The van der Waals surface area contributed by atoms with Crippen molar-refractivity contribution in [2.75, 3.05) is 0 Å². The Morgan fingerprint density at radius 1 is 0.710 bits per heavy atom. The Bertz CT molecular complexity index is 1140. The summed E-state index contributed by atoms with van der Waals surface area (Å²) in [5.74, 6) is 0.558. The van der Waals surface area contributed by atoms with Crippen molar-refractivity contribution in [3.05, 3.63) is 125 Å². The van der Waals surface area contributed by atoms with Crippen LogP contribution in [0.1, 0.15) is 47.9 Å². The van der Waals surface area contributed by atoms with Crippen LogP contribution >= 0.6 is 0 Å². The quantitative estimate of drug-likeness (QED) is 0.304. The Morgan fingerprint density at radius 3 is 1.81 bits per heavy atom. The van der Waals surface area contributed by atoms with Gasteiger partial charge in [0, 0.05) is 23.5 Å². The molecule has 0 saturated carbocycles. The molecule has 0 N–H and O–H groups in total. The van der Waals surface area contributed by atoms with Crippen molar-refractivity contribution in [2.45, 2.75) is 25.7 Å². The van der Waals surface area contributed by atoms with Gasteiger partial charge in [-0.1, -0.05) is 117 Å². The Labute approximate surface area is 185 Å². The molecule has 2 aliphatic rings. The minimum atomic E-state index is -0.179. The Balaban J connectivity index is 1.57. The zero-order valence-electron chi connectivity index (χ0n) is 18.1. The van der Waals surface area contributed by atoms with Crippen molar-refractivity contribution in [3.8, 4) is 0 Å². The zero-order valence-corrected chi connectivity index (χ0v) is 18.1. The molecule has 0 amide bonds. The molecule has 1 heteroatoms. The zero-order chi connectivity index (χ0) is 21.3. The Morgan fingerprint density at radius 2 is 1.23 bits per heavy atom. The van der Waals surface area contributed by atoms with Crippen LogP contribution in [0, 0.1) is 5.41 Å². The third kappa shape index (κ3) is 3.96. The molecule has 152 valence electrons. The molecule has 0 fully saturated rings. The van der Waals surface area contributed by atoms with E-state index < -0.39 is 0 Å². The molecule has 0 aliphatic heterocycles. The van der Waals surface area contributed by atoms with Crippen molar-refractivity contribution >= 4 is 24.1 Å². The van der Waals surface area contributed by atoms with Gasteiger partial charge in [-0.25, -0.2) is 0 Å². The molecule has 0 radical (unpaired) electrons. The van der Waals surface area contributed by atoms with Crippen LogP contribution in [0.25, 0.3) is 12.2 Å². The highest BCUT2D eigenvalue weighted by atomic mass is 14.7. The maximum absolute atomic E-state index is 4.77. The van der Waals surface area contributed by atoms with Crippen LogP contribution in [0.2, 0.25) is 0 Å². The Hall–Kier alpha value is -3.45. The molecule has 3 aromatic rings. The van der Waals surface area contributed by atoms with E-state index in [2.05, 4.69) is 99.0 Å². The van der Waals surface area contributed by atoms with Crippen molar-refractivity contribution in [1.82, 2.24) is 0 Å². The third-order valence-corrected chi connectivity index (χ3v) is 6.16. The molecule has 5 rings (SSSR count). The van der Waals surface area contributed by atoms with Crippen LogP contribution in [0.5, 0.6) is 0 Å². The minimum absolute atomic E-state index is 0.179. The van der Waals surface area contributed by atoms with Crippen LogP contribution in [0.3, 0.4) is 0 Å². The monoisotopic (exact) mass is 401 g/mol. The Kier molecular flexibility index (Phi) is 5.03. The molecule has 1 nitrogen and oxygen atoms in total. The standard InChI is InChI=1S/C30H27N/c1-30(2,21-31-24-12-4-3-5-13-24)20-29(27-18-16-22-10-6-8-14-25(22)27)28-19-17-23-11-7-9-15-26(23)28/h3-21,27-28H,1-2H3. The minimum Gasteiger partial charge on any atom is -0.260 e. The van der Waals surface area contributed by atoms with Gasteiger partial charge < -0.3 is 0 Å². The summed E-state index contributed by atoms with van der Waals surface area (Å²) in [5, 5.41) is 0. The van der Waals surface area contributed by atoms with Crippen molar-refractivity contribution < 1.29 is 0 Å². The van der Waals surface area contributed by atoms with E-state index in [0.717, 1.165) is 5.69 Å². The van der Waals surface area contributed by atoms with Gasteiger partial charge >= 0.3 is 0 Å². The summed E-state index contributed by atoms with van der Waals surface area (Å²) >= 11 is 0. The maximum atomic E-state index is 4.77. The van der Waals surface area contributed by atoms with E-state index in [9.17, 15) is 0 Å². The number of para-hydroxylation sites is 1. The fourth-order valence-corrected chi connectivity index (χ4v) is 4.68. The second kappa shape index (κ2) is 8.00. The van der Waals surface area contributed by atoms with Crippen molar-refractivity contribution in [3.63, 3.8) is 0 Å². The van der Waals surface area contributed by atoms with Gasteiger partial charge in [-0.3, -0.25) is 4.99 Å². The lowest BCUT2D eigenvalue weighted by atomic mass is 9.78. The number of hydrogen-bond donors (Lipinski definition) is 0. The van der Waals surface area contributed by atoms with Crippen molar-refractivity contribution in [2.24, 2.45) is 10.4 Å². The average Bonchev–Trinajstić information content (AvgIpc) is 3.42. The fraction of sp³-hybridized carbons (Fsp3) is 0.167. The first-order valence-electron chi connectivity index (χ1n) is 11.0. The van der Waals surface area contributed by atoms with Crippen LogP contribution in [-0.2, 0) is 0 Å². The van der Waals surface area contributed by atoms with Crippen LogP contribution < -0.4 is 0 Å². The second-order valence-corrected chi connectivity index (χ2v) is 8.99. The van der Waals surface area contributed by atoms with E-state index >= 15 is 0 Å². The van der Waals surface area contributed by atoms with E-state index in [4.69, 9.17) is 4.99 Å². The van der Waals surface area contributed by atoms with E-state index in [1.165, 1.54) is 27.8 Å². The number of nitrogens with zero attached hydrogens (tertiary/aromatic N) is 1. The molecular formula is C30H27N. The van der Waals surface area contributed by atoms with Gasteiger partial charge in [-0.05, 0) is 34.4 Å². The lowest BCUT2D eigenvalue weighted by Crippen LogP contribution is -2.15. The summed E-state index contributed by atoms with van der Waals surface area (Å²) in [6.45, 7) is 4.49. The molecular weight excluding hydrogens is 374 g/mol. The summed E-state index contributed by atoms with van der Waals surface area (Å²) in [7, 11) is 0. The third-order valence-electron chi connectivity index (χ3n) is 6.16. The van der Waals surface area contributed by atoms with Gasteiger partial charge in [0.05, 0.1) is 5.69 Å². The highest BCUT2D eigenvalue weighted by Gasteiger charge is 2.30. The second-order valence-electron chi connectivity index (χ2n) is 8.99. The topological polar surface area (TPSA) is 12.4 Å². The van der Waals surface area contributed by atoms with Gasteiger partial charge in [0.15, 0.2) is 0 Å². The molecule has 0 spiro atoms. The summed E-state index contributed by atoms with van der Waals surface area (Å²) in [6, 6.07) is 27.7. The molecule has 2 unspecified atom stereocenters. The predicted octanol–water partition coefficient (Wildman–Crippen LogP) is 7.96. The molecule has 2 aliphatic carbocycles. The number of rotatable bonds is 5. The summed E-state index contributed by atoms with van der Waals surface area (Å²) in [5.41, 5.74) is 7.66. The molecule has 0 aromatic heterocycles. The predicted molar refractivity (Wildman–Crippen MR) is 133 cm³/mol. The van der Waals surface area contributed by atoms with Crippen LogP contribution in [0.4, 0.5) is 5.69 Å². The first-order chi connectivity index (χ1) is 15.1. The van der Waals surface area contributed by atoms with Gasteiger partial charge in [0.2, 0.25) is 0 Å². The molecule has 31 heavy (non-hydrogen) atoms. The maximum Gasteiger partial charge on any atom is 0.0626 e. The highest BCUT2D eigenvalue weighted by Crippen LogP contribution is 2.46. The van der Waals surface area contributed by atoms with E-state index in [1.807, 2.05) is 30.3 Å². The highest BCUT2D eigenvalue weighted by molar-refractivity contribution is 5.74. The largest absolute Gasteiger partial charge is 0.260 e. The molecule has 0 saturated heterocycles. The summed E-state index contributed by atoms with van der Waals surface area (Å²) < 4.78 is 0. The van der Waals surface area contributed by atoms with Crippen LogP contribution in [-0.4, -0.2) is 6.21 Å². The van der Waals surface area contributed by atoms with Gasteiger partial charge in [0.25, 0.3) is 0 Å². The van der Waals surface area contributed by atoms with Gasteiger partial charge in [0.1, 0.15) is 0 Å². The van der Waals surface area contributed by atoms with E-state index in [1.54, 1.807) is 0 Å². The lowest BCUT2D eigenvalue weighted by Gasteiger charge is -2.26. The fourth-order valence-electron chi connectivity index (χ4n) is 4.68. The van der Waals surface area contributed by atoms with Crippen molar-refractivity contribution in [1.29, 1.82) is 0 Å². The number of benzene rings is 3. The average molecular weight is 402 g/mol. The molecule has 0 bridgehead atoms. The number of hydrogen-bond acceptors (Lipinski definition) is 1. The summed E-state index contributed by atoms with van der Waals surface area (Å²) in [4.78, 5) is 4.77. The lowest BCUT2D eigenvalue weighted by molar-refractivity contribution is 0.671. The molecule has 3 aromatic carbocycles. The normalized spacial score (nSPS) is 18.9. The molecule has 2 atom stereocenters. The summed E-state index contributed by atoms with van der Waals surface area (Å²) in [6.07, 6.45) is 13.8. The number of allylic oxidation sites excluding steroid dienone is 4. The number of fused-ring (bicyclic) bond motifs is 2. The van der Waals surface area contributed by atoms with Gasteiger partial charge in [-0.15, -0.1) is 0 Å². The SMILES string of the molecule is CC(C)(C=Nc1ccccc1)C=C(C1C=Cc2ccccc21)C1C=Cc2ccccc21. The van der Waals surface area contributed by atoms with E-state index in [0.29, 0.717) is 0 Å². The van der Waals surface area contributed by atoms with Crippen LogP contribution in [0.15, 0.2) is 108 Å². The van der Waals surface area contributed by atoms with E-state index in [-0.39, 0.29) is 17.3 Å². The smallest absolute Gasteiger partial charge is 0.0626 e. The first-order valence-corrected chi connectivity index (χ1v) is 11.0. The number of aliphatic imine (C=N–C) groups is 1. The van der Waals surface area contributed by atoms with Gasteiger partial charge in [-0.2, -0.15) is 0 Å².